The van der Waals surface area contributed by atoms with E-state index < -0.39 is 29.6 Å². The molecule has 0 unspecified atom stereocenters. The average Bonchev–Trinajstić information content (AvgIpc) is 3.54. The zero-order valence-corrected chi connectivity index (χ0v) is 23.3. The summed E-state index contributed by atoms with van der Waals surface area (Å²) in [5, 5.41) is 6.23. The third kappa shape index (κ3) is 5.12. The van der Waals surface area contributed by atoms with Crippen LogP contribution in [0.5, 0.6) is 0 Å². The Morgan fingerprint density at radius 3 is 2.74 bits per heavy atom. The number of carbonyl (C=O) groups excluding carboxylic acids is 3. The van der Waals surface area contributed by atoms with Gasteiger partial charge in [-0.1, -0.05) is 37.5 Å². The maximum atomic E-state index is 14.0. The Bertz CT molecular complexity index is 1090. The number of likely N-dealkylation sites (tertiary alicyclic amines) is 1. The van der Waals surface area contributed by atoms with Gasteiger partial charge in [0.05, 0.1) is 24.0 Å². The molecular weight excluding hydrogens is 502 g/mol. The van der Waals surface area contributed by atoms with Crippen LogP contribution in [0.4, 0.5) is 5.69 Å². The van der Waals surface area contributed by atoms with Gasteiger partial charge >= 0.3 is 0 Å². The highest BCUT2D eigenvalue weighted by molar-refractivity contribution is 7.98. The number of amides is 3. The first kappa shape index (κ1) is 27.2. The summed E-state index contributed by atoms with van der Waals surface area (Å²) < 4.78 is 12.1. The monoisotopic (exact) mass is 541 g/mol. The molecule has 1 aliphatic carbocycles. The Morgan fingerprint density at radius 2 is 2.00 bits per heavy atom. The van der Waals surface area contributed by atoms with E-state index in [1.165, 1.54) is 6.42 Å². The fourth-order valence-corrected chi connectivity index (χ4v) is 6.97. The second-order valence-electron chi connectivity index (χ2n) is 11.1. The molecule has 4 aliphatic rings. The van der Waals surface area contributed by atoms with Crippen molar-refractivity contribution in [3.8, 4) is 0 Å². The number of nitrogens with zero attached hydrogens (tertiary/aromatic N) is 1. The summed E-state index contributed by atoms with van der Waals surface area (Å²) in [5.41, 5.74) is -0.454. The van der Waals surface area contributed by atoms with Crippen molar-refractivity contribution in [2.24, 2.45) is 11.8 Å². The Hall–Kier alpha value is -2.36. The second kappa shape index (κ2) is 11.4. The first-order valence-corrected chi connectivity index (χ1v) is 15.1. The molecule has 3 heterocycles. The predicted octanol–water partition coefficient (Wildman–Crippen LogP) is 3.76. The number of nitrogens with one attached hydrogen (secondary N) is 2. The van der Waals surface area contributed by atoms with Gasteiger partial charge in [-0.2, -0.15) is 0 Å². The van der Waals surface area contributed by atoms with E-state index in [0.717, 1.165) is 30.6 Å². The average molecular weight is 542 g/mol. The molecule has 2 bridgehead atoms. The minimum absolute atomic E-state index is 0.0900. The quantitative estimate of drug-likeness (QED) is 0.266. The van der Waals surface area contributed by atoms with Crippen molar-refractivity contribution in [2.75, 3.05) is 24.7 Å². The van der Waals surface area contributed by atoms with Gasteiger partial charge in [0.15, 0.2) is 0 Å². The van der Waals surface area contributed by atoms with Gasteiger partial charge < -0.3 is 25.0 Å². The third-order valence-corrected chi connectivity index (χ3v) is 8.93. The Kier molecular flexibility index (Phi) is 8.16. The number of carbonyl (C=O) groups is 3. The number of hydrogen-bond donors (Lipinski definition) is 2. The molecule has 0 aromatic heterocycles. The van der Waals surface area contributed by atoms with Crippen molar-refractivity contribution in [3.05, 3.63) is 36.4 Å². The lowest BCUT2D eigenvalue weighted by Crippen LogP contribution is -2.56. The topological polar surface area (TPSA) is 97.0 Å². The maximum absolute atomic E-state index is 14.0. The number of ether oxygens (including phenoxy) is 2. The van der Waals surface area contributed by atoms with Crippen LogP contribution in [0.1, 0.15) is 52.4 Å². The van der Waals surface area contributed by atoms with Crippen molar-refractivity contribution in [1.82, 2.24) is 10.2 Å². The molecule has 3 aliphatic heterocycles. The lowest BCUT2D eigenvalue weighted by Gasteiger charge is -2.34. The highest BCUT2D eigenvalue weighted by Crippen LogP contribution is 2.55. The minimum Gasteiger partial charge on any atom is -0.379 e. The van der Waals surface area contributed by atoms with Crippen LogP contribution >= 0.6 is 11.8 Å². The minimum atomic E-state index is -1.14. The molecule has 206 valence electrons. The molecule has 5 atom stereocenters. The van der Waals surface area contributed by atoms with Gasteiger partial charge in [0, 0.05) is 29.8 Å². The largest absolute Gasteiger partial charge is 0.379 e. The first-order chi connectivity index (χ1) is 18.3. The number of fused-ring (bicyclic) bond motifs is 1. The molecule has 9 heteroatoms. The number of thioether (sulfide) groups is 1. The molecule has 1 saturated carbocycles. The molecule has 2 saturated heterocycles. The van der Waals surface area contributed by atoms with Crippen LogP contribution < -0.4 is 10.6 Å². The smallest absolute Gasteiger partial charge is 0.246 e. The van der Waals surface area contributed by atoms with Crippen molar-refractivity contribution < 1.29 is 23.9 Å². The van der Waals surface area contributed by atoms with Gasteiger partial charge in [0.2, 0.25) is 17.7 Å². The van der Waals surface area contributed by atoms with Crippen molar-refractivity contribution in [1.29, 1.82) is 0 Å². The van der Waals surface area contributed by atoms with Gasteiger partial charge in [0.25, 0.3) is 0 Å². The predicted molar refractivity (Wildman–Crippen MR) is 147 cm³/mol. The third-order valence-electron chi connectivity index (χ3n) is 8.21. The molecule has 8 nitrogen and oxygen atoms in total. The molecule has 1 aromatic carbocycles. The Balaban J connectivity index is 1.39. The maximum Gasteiger partial charge on any atom is 0.246 e. The van der Waals surface area contributed by atoms with Crippen LogP contribution in [0.2, 0.25) is 0 Å². The molecule has 5 rings (SSSR count). The summed E-state index contributed by atoms with van der Waals surface area (Å²) in [4.78, 5) is 44.1. The van der Waals surface area contributed by atoms with Crippen LogP contribution in [0.3, 0.4) is 0 Å². The van der Waals surface area contributed by atoms with Gasteiger partial charge in [-0.3, -0.25) is 14.4 Å². The molecule has 1 spiro atoms. The lowest BCUT2D eigenvalue weighted by molar-refractivity contribution is -0.141. The van der Waals surface area contributed by atoms with Crippen LogP contribution in [0, 0.1) is 11.8 Å². The number of hydrogen-bond acceptors (Lipinski definition) is 6. The van der Waals surface area contributed by atoms with E-state index in [0.29, 0.717) is 25.3 Å². The first-order valence-electron chi connectivity index (χ1n) is 13.9. The molecule has 38 heavy (non-hydrogen) atoms. The van der Waals surface area contributed by atoms with Crippen molar-refractivity contribution in [2.45, 2.75) is 87.2 Å². The van der Waals surface area contributed by atoms with Gasteiger partial charge in [-0.15, -0.1) is 11.8 Å². The summed E-state index contributed by atoms with van der Waals surface area (Å²) in [6.07, 6.45) is 11.1. The van der Waals surface area contributed by atoms with Gasteiger partial charge in [0.1, 0.15) is 11.6 Å². The summed E-state index contributed by atoms with van der Waals surface area (Å²) in [6.45, 7) is 4.81. The number of benzene rings is 1. The van der Waals surface area contributed by atoms with Crippen LogP contribution in [0.15, 0.2) is 41.3 Å². The zero-order chi connectivity index (χ0) is 26.9. The Labute approximate surface area is 229 Å². The summed E-state index contributed by atoms with van der Waals surface area (Å²) >= 11 is 1.60. The molecule has 3 fully saturated rings. The van der Waals surface area contributed by atoms with Crippen LogP contribution in [-0.2, 0) is 23.9 Å². The van der Waals surface area contributed by atoms with Crippen molar-refractivity contribution >= 4 is 35.2 Å². The van der Waals surface area contributed by atoms with E-state index >= 15 is 0 Å². The Morgan fingerprint density at radius 1 is 1.21 bits per heavy atom. The number of rotatable bonds is 10. The summed E-state index contributed by atoms with van der Waals surface area (Å²) in [7, 11) is 0. The molecule has 3 amide bonds. The fraction of sp³-hybridized carbons (Fsp3) is 0.621. The van der Waals surface area contributed by atoms with E-state index in [-0.39, 0.29) is 29.9 Å². The lowest BCUT2D eigenvalue weighted by atomic mass is 9.74. The SMILES string of the molecule is CSc1cccc(NC(=O)[C@@H]2[C@@H]3C=C[C@]4(O3)[C@@H]2C(=O)N(CCCOC(C)C)[C@H]4C(=O)NC2CCCCC2)c1. The van der Waals surface area contributed by atoms with Crippen molar-refractivity contribution in [3.63, 3.8) is 0 Å². The highest BCUT2D eigenvalue weighted by Gasteiger charge is 2.72. The van der Waals surface area contributed by atoms with E-state index in [9.17, 15) is 14.4 Å². The number of anilines is 1. The molecule has 0 radical (unpaired) electrons. The van der Waals surface area contributed by atoms with E-state index in [1.807, 2.05) is 56.5 Å². The van der Waals surface area contributed by atoms with Crippen LogP contribution in [-0.4, -0.2) is 71.9 Å². The van der Waals surface area contributed by atoms with Gasteiger partial charge in [-0.05, 0) is 57.6 Å². The van der Waals surface area contributed by atoms with Crippen LogP contribution in [0.25, 0.3) is 0 Å². The van der Waals surface area contributed by atoms with E-state index in [2.05, 4.69) is 10.6 Å². The van der Waals surface area contributed by atoms with Gasteiger partial charge in [-0.25, -0.2) is 0 Å². The second-order valence-corrected chi connectivity index (χ2v) is 12.0. The summed E-state index contributed by atoms with van der Waals surface area (Å²) in [6, 6.07) is 6.94. The van der Waals surface area contributed by atoms with E-state index in [1.54, 1.807) is 16.7 Å². The fourth-order valence-electron chi connectivity index (χ4n) is 6.52. The standard InChI is InChI=1S/C29H39N3O5S/c1-18(2)36-16-8-15-32-25(27(34)30-19-9-5-4-6-10-19)29-14-13-22(37-29)23(24(29)28(32)35)26(33)31-20-11-7-12-21(17-20)38-3/h7,11-14,17-19,22-25H,4-6,8-10,15-16H2,1-3H3,(H,30,34)(H,31,33)/t22-,23+,24-,25-,29-/m0/s1. The molecule has 1 aromatic rings. The highest BCUT2D eigenvalue weighted by atomic mass is 32.2. The molecule has 2 N–H and O–H groups in total. The normalized spacial score (nSPS) is 30.2. The van der Waals surface area contributed by atoms with E-state index in [4.69, 9.17) is 9.47 Å². The zero-order valence-electron chi connectivity index (χ0n) is 22.5. The molecular formula is C29H39N3O5S. The summed E-state index contributed by atoms with van der Waals surface area (Å²) in [5.74, 6) is -2.07.